The number of hydrogen-bond donors (Lipinski definition) is 0. The molecule has 2 aliphatic heterocycles. The Morgan fingerprint density at radius 2 is 1.88 bits per heavy atom. The number of aromatic nitrogens is 1. The van der Waals surface area contributed by atoms with Crippen LogP contribution in [0.2, 0.25) is 0 Å². The van der Waals surface area contributed by atoms with Crippen molar-refractivity contribution in [2.24, 2.45) is 0 Å². The first-order chi connectivity index (χ1) is 15.4. The second kappa shape index (κ2) is 9.92. The molecule has 0 unspecified atom stereocenters. The number of morpholine rings is 1. The molecule has 174 valence electrons. The highest BCUT2D eigenvalue weighted by Crippen LogP contribution is 2.22. The molecule has 0 aliphatic carbocycles. The van der Waals surface area contributed by atoms with Crippen molar-refractivity contribution in [1.82, 2.24) is 19.1 Å². The van der Waals surface area contributed by atoms with E-state index >= 15 is 0 Å². The number of carbonyl (C=O) groups is 1. The van der Waals surface area contributed by atoms with Crippen molar-refractivity contribution >= 4 is 27.3 Å². The lowest BCUT2D eigenvalue weighted by molar-refractivity contribution is 0.0622. The molecule has 8 nitrogen and oxygen atoms in total. The van der Waals surface area contributed by atoms with Gasteiger partial charge in [-0.3, -0.25) is 9.69 Å². The Kier molecular flexibility index (Phi) is 7.21. The topological polar surface area (TPSA) is 83.1 Å². The number of benzene rings is 1. The summed E-state index contributed by atoms with van der Waals surface area (Å²) in [6.45, 7) is 6.11. The van der Waals surface area contributed by atoms with Gasteiger partial charge in [0.25, 0.3) is 5.91 Å². The van der Waals surface area contributed by atoms with Crippen molar-refractivity contribution in [2.45, 2.75) is 24.8 Å². The number of rotatable bonds is 6. The van der Waals surface area contributed by atoms with Crippen molar-refractivity contribution in [3.05, 3.63) is 45.7 Å². The first kappa shape index (κ1) is 23.2. The van der Waals surface area contributed by atoms with Gasteiger partial charge in [0.2, 0.25) is 10.0 Å². The Morgan fingerprint density at radius 3 is 2.53 bits per heavy atom. The lowest BCUT2D eigenvalue weighted by atomic mass is 10.1. The number of aryl methyl sites for hydroxylation is 1. The Morgan fingerprint density at radius 1 is 1.16 bits per heavy atom. The van der Waals surface area contributed by atoms with E-state index < -0.39 is 21.7 Å². The molecular weight excluding hydrogens is 455 g/mol. The quantitative estimate of drug-likeness (QED) is 0.625. The van der Waals surface area contributed by atoms with Crippen LogP contribution in [0.4, 0.5) is 4.39 Å². The van der Waals surface area contributed by atoms with Gasteiger partial charge < -0.3 is 9.64 Å². The third kappa shape index (κ3) is 5.01. The third-order valence-electron chi connectivity index (χ3n) is 5.72. The fraction of sp³-hybridized carbons (Fsp3) is 0.524. The number of hydrogen-bond acceptors (Lipinski definition) is 7. The Hall–Kier alpha value is -1.92. The van der Waals surface area contributed by atoms with Crippen LogP contribution in [0.15, 0.2) is 28.5 Å². The SMILES string of the molecule is CCc1nc(CN2CCN(C(=O)c3cc(S(=O)(=O)N4CCOCC4)ccc3F)CC2)cs1. The lowest BCUT2D eigenvalue weighted by Crippen LogP contribution is -2.48. The number of carbonyl (C=O) groups excluding carboxylic acids is 1. The van der Waals surface area contributed by atoms with Gasteiger partial charge in [-0.15, -0.1) is 11.3 Å². The molecule has 0 saturated carbocycles. The predicted octanol–water partition coefficient (Wildman–Crippen LogP) is 1.82. The van der Waals surface area contributed by atoms with Gasteiger partial charge in [-0.2, -0.15) is 4.31 Å². The van der Waals surface area contributed by atoms with Gasteiger partial charge in [0.15, 0.2) is 0 Å². The Balaban J connectivity index is 1.42. The van der Waals surface area contributed by atoms with Crippen LogP contribution >= 0.6 is 11.3 Å². The summed E-state index contributed by atoms with van der Waals surface area (Å²) in [6.07, 6.45) is 0.916. The summed E-state index contributed by atoms with van der Waals surface area (Å²) in [5.74, 6) is -1.20. The van der Waals surface area contributed by atoms with Crippen LogP contribution in [0.3, 0.4) is 0 Å². The molecule has 32 heavy (non-hydrogen) atoms. The molecule has 0 N–H and O–H groups in total. The van der Waals surface area contributed by atoms with Crippen molar-refractivity contribution < 1.29 is 22.3 Å². The molecule has 0 spiro atoms. The minimum Gasteiger partial charge on any atom is -0.379 e. The van der Waals surface area contributed by atoms with Crippen molar-refractivity contribution in [3.63, 3.8) is 0 Å². The summed E-state index contributed by atoms with van der Waals surface area (Å²) in [6, 6.07) is 3.44. The van der Waals surface area contributed by atoms with Gasteiger partial charge in [-0.25, -0.2) is 17.8 Å². The van der Waals surface area contributed by atoms with Gasteiger partial charge in [0, 0.05) is 51.2 Å². The zero-order valence-electron chi connectivity index (χ0n) is 18.0. The maximum absolute atomic E-state index is 14.5. The van der Waals surface area contributed by atoms with E-state index in [2.05, 4.69) is 22.2 Å². The van der Waals surface area contributed by atoms with Gasteiger partial charge in [-0.05, 0) is 24.6 Å². The number of thiazole rings is 1. The molecule has 2 fully saturated rings. The van der Waals surface area contributed by atoms with E-state index in [4.69, 9.17) is 4.74 Å². The summed E-state index contributed by atoms with van der Waals surface area (Å²) < 4.78 is 46.8. The number of halogens is 1. The van der Waals surface area contributed by atoms with E-state index in [9.17, 15) is 17.6 Å². The molecule has 0 radical (unpaired) electrons. The molecule has 1 amide bonds. The summed E-state index contributed by atoms with van der Waals surface area (Å²) >= 11 is 1.65. The van der Waals surface area contributed by atoms with E-state index in [1.165, 1.54) is 10.4 Å². The largest absolute Gasteiger partial charge is 0.379 e. The van der Waals surface area contributed by atoms with Gasteiger partial charge in [0.1, 0.15) is 5.82 Å². The number of amides is 1. The highest BCUT2D eigenvalue weighted by Gasteiger charge is 2.30. The van der Waals surface area contributed by atoms with Crippen molar-refractivity contribution in [2.75, 3.05) is 52.5 Å². The van der Waals surface area contributed by atoms with E-state index in [0.717, 1.165) is 35.8 Å². The van der Waals surface area contributed by atoms with E-state index in [0.29, 0.717) is 39.4 Å². The molecule has 0 atom stereocenters. The summed E-state index contributed by atoms with van der Waals surface area (Å²) in [4.78, 5) is 21.3. The number of ether oxygens (including phenoxy) is 1. The second-order valence-corrected chi connectivity index (χ2v) is 10.7. The van der Waals surface area contributed by atoms with E-state index in [1.807, 2.05) is 0 Å². The molecule has 4 rings (SSSR count). The summed E-state index contributed by atoms with van der Waals surface area (Å²) in [7, 11) is -3.81. The first-order valence-corrected chi connectivity index (χ1v) is 13.0. The van der Waals surface area contributed by atoms with Crippen LogP contribution < -0.4 is 0 Å². The zero-order chi connectivity index (χ0) is 22.7. The molecule has 11 heteroatoms. The highest BCUT2D eigenvalue weighted by molar-refractivity contribution is 7.89. The van der Waals surface area contributed by atoms with Crippen LogP contribution in [0, 0.1) is 5.82 Å². The minimum absolute atomic E-state index is 0.0713. The molecular formula is C21H27FN4O4S2. The monoisotopic (exact) mass is 482 g/mol. The average molecular weight is 483 g/mol. The third-order valence-corrected chi connectivity index (χ3v) is 8.66. The molecule has 2 aromatic rings. The number of sulfonamides is 1. The van der Waals surface area contributed by atoms with Crippen molar-refractivity contribution in [1.29, 1.82) is 0 Å². The van der Waals surface area contributed by atoms with Crippen LogP contribution in [-0.4, -0.2) is 85.9 Å². The summed E-state index contributed by atoms with van der Waals surface area (Å²) in [5, 5.41) is 3.17. The fourth-order valence-electron chi connectivity index (χ4n) is 3.86. The predicted molar refractivity (Wildman–Crippen MR) is 119 cm³/mol. The maximum Gasteiger partial charge on any atom is 0.256 e. The average Bonchev–Trinajstić information content (AvgIpc) is 3.27. The van der Waals surface area contributed by atoms with Crippen molar-refractivity contribution in [3.8, 4) is 0 Å². The zero-order valence-corrected chi connectivity index (χ0v) is 19.6. The molecule has 3 heterocycles. The highest BCUT2D eigenvalue weighted by atomic mass is 32.2. The van der Waals surface area contributed by atoms with Crippen LogP contribution in [-0.2, 0) is 27.7 Å². The van der Waals surface area contributed by atoms with Gasteiger partial charge in [-0.1, -0.05) is 6.92 Å². The normalized spacial score (nSPS) is 18.8. The minimum atomic E-state index is -3.81. The number of nitrogens with zero attached hydrogens (tertiary/aromatic N) is 4. The Bertz CT molecular complexity index is 1060. The lowest BCUT2D eigenvalue weighted by Gasteiger charge is -2.34. The smallest absolute Gasteiger partial charge is 0.256 e. The molecule has 1 aromatic heterocycles. The second-order valence-electron chi connectivity index (χ2n) is 7.81. The molecule has 2 saturated heterocycles. The maximum atomic E-state index is 14.5. The van der Waals surface area contributed by atoms with Gasteiger partial charge in [0.05, 0.1) is 34.4 Å². The molecule has 2 aliphatic rings. The number of piperazine rings is 1. The fourth-order valence-corrected chi connectivity index (χ4v) is 6.03. The standard InChI is InChI=1S/C21H27FN4O4S2/c1-2-20-23-16(15-31-20)14-24-5-7-25(8-6-24)21(27)18-13-17(3-4-19(18)22)32(28,29)26-9-11-30-12-10-26/h3-4,13,15H,2,5-12,14H2,1H3. The van der Waals surface area contributed by atoms with E-state index in [-0.39, 0.29) is 23.5 Å². The van der Waals surface area contributed by atoms with Crippen LogP contribution in [0.25, 0.3) is 0 Å². The Labute approximate surface area is 191 Å². The molecule has 1 aromatic carbocycles. The van der Waals surface area contributed by atoms with Crippen LogP contribution in [0.5, 0.6) is 0 Å². The summed E-state index contributed by atoms with van der Waals surface area (Å²) in [5.41, 5.74) is 0.818. The van der Waals surface area contributed by atoms with Crippen LogP contribution in [0.1, 0.15) is 28.0 Å². The molecule has 0 bridgehead atoms. The van der Waals surface area contributed by atoms with E-state index in [1.54, 1.807) is 16.2 Å². The van der Waals surface area contributed by atoms with Gasteiger partial charge >= 0.3 is 0 Å². The first-order valence-electron chi connectivity index (χ1n) is 10.7.